The Morgan fingerprint density at radius 2 is 2.12 bits per heavy atom. The van der Waals surface area contributed by atoms with E-state index in [1.807, 2.05) is 13.1 Å². The Bertz CT molecular complexity index is 555. The number of nitrogens with one attached hydrogen (secondary N) is 1. The van der Waals surface area contributed by atoms with Crippen LogP contribution in [0.2, 0.25) is 5.02 Å². The van der Waals surface area contributed by atoms with Crippen molar-refractivity contribution in [2.75, 3.05) is 12.4 Å². The Labute approximate surface area is 105 Å². The first-order valence-electron chi connectivity index (χ1n) is 5.62. The zero-order valence-corrected chi connectivity index (χ0v) is 10.6. The van der Waals surface area contributed by atoms with E-state index in [0.717, 1.165) is 29.6 Å². The molecule has 0 atom stereocenters. The van der Waals surface area contributed by atoms with Crippen LogP contribution in [0.4, 0.5) is 10.1 Å². The van der Waals surface area contributed by atoms with E-state index in [9.17, 15) is 4.39 Å². The van der Waals surface area contributed by atoms with Gasteiger partial charge in [0.2, 0.25) is 0 Å². The first kappa shape index (κ1) is 12.1. The summed E-state index contributed by atoms with van der Waals surface area (Å²) in [7, 11) is 1.82. The third kappa shape index (κ3) is 2.34. The highest BCUT2D eigenvalue weighted by atomic mass is 35.5. The van der Waals surface area contributed by atoms with E-state index in [4.69, 9.17) is 11.6 Å². The van der Waals surface area contributed by atoms with Gasteiger partial charge in [0, 0.05) is 29.9 Å². The van der Waals surface area contributed by atoms with Gasteiger partial charge in [-0.2, -0.15) is 0 Å². The van der Waals surface area contributed by atoms with Gasteiger partial charge in [-0.15, -0.1) is 0 Å². The van der Waals surface area contributed by atoms with Crippen molar-refractivity contribution in [3.05, 3.63) is 34.7 Å². The molecule has 0 fully saturated rings. The quantitative estimate of drug-likeness (QED) is 0.892. The Morgan fingerprint density at radius 3 is 2.76 bits per heavy atom. The van der Waals surface area contributed by atoms with Gasteiger partial charge >= 0.3 is 0 Å². The number of pyridine rings is 1. The summed E-state index contributed by atoms with van der Waals surface area (Å²) in [5.41, 5.74) is 2.44. The maximum Gasteiger partial charge on any atom is 0.126 e. The zero-order valence-electron chi connectivity index (χ0n) is 9.85. The first-order valence-corrected chi connectivity index (χ1v) is 6.00. The number of hydrogen-bond donors (Lipinski definition) is 1. The lowest BCUT2D eigenvalue weighted by Gasteiger charge is -2.10. The normalized spacial score (nSPS) is 10.8. The molecule has 90 valence electrons. The van der Waals surface area contributed by atoms with Crippen LogP contribution in [-0.2, 0) is 6.42 Å². The van der Waals surface area contributed by atoms with Crippen molar-refractivity contribution in [2.24, 2.45) is 0 Å². The lowest BCUT2D eigenvalue weighted by molar-refractivity contribution is 0.629. The first-order chi connectivity index (χ1) is 8.15. The van der Waals surface area contributed by atoms with Crippen molar-refractivity contribution in [1.29, 1.82) is 0 Å². The Kier molecular flexibility index (Phi) is 3.48. The summed E-state index contributed by atoms with van der Waals surface area (Å²) in [5.74, 6) is -0.356. The smallest absolute Gasteiger partial charge is 0.126 e. The minimum Gasteiger partial charge on any atom is -0.387 e. The molecular formula is C13H14ClFN2. The molecule has 0 amide bonds. The van der Waals surface area contributed by atoms with Gasteiger partial charge in [0.05, 0.1) is 10.5 Å². The van der Waals surface area contributed by atoms with Gasteiger partial charge < -0.3 is 5.32 Å². The van der Waals surface area contributed by atoms with Crippen molar-refractivity contribution >= 4 is 28.2 Å². The second kappa shape index (κ2) is 4.88. The van der Waals surface area contributed by atoms with Crippen LogP contribution in [0.1, 0.15) is 19.0 Å². The van der Waals surface area contributed by atoms with Crippen molar-refractivity contribution in [3.8, 4) is 0 Å². The van der Waals surface area contributed by atoms with Gasteiger partial charge in [0.25, 0.3) is 0 Å². The molecule has 0 radical (unpaired) electrons. The average Bonchev–Trinajstić information content (AvgIpc) is 2.27. The molecular weight excluding hydrogens is 239 g/mol. The minimum atomic E-state index is -0.356. The van der Waals surface area contributed by atoms with Crippen LogP contribution in [0, 0.1) is 5.82 Å². The number of benzene rings is 1. The van der Waals surface area contributed by atoms with Crippen molar-refractivity contribution < 1.29 is 4.39 Å². The summed E-state index contributed by atoms with van der Waals surface area (Å²) in [6.45, 7) is 2.09. The molecule has 0 aliphatic carbocycles. The van der Waals surface area contributed by atoms with Crippen molar-refractivity contribution in [2.45, 2.75) is 19.8 Å². The van der Waals surface area contributed by atoms with Crippen molar-refractivity contribution in [1.82, 2.24) is 4.98 Å². The van der Waals surface area contributed by atoms with Gasteiger partial charge in [-0.25, -0.2) is 4.39 Å². The van der Waals surface area contributed by atoms with E-state index in [2.05, 4.69) is 17.2 Å². The number of aryl methyl sites for hydroxylation is 1. The predicted octanol–water partition coefficient (Wildman–Crippen LogP) is 4.02. The van der Waals surface area contributed by atoms with Crippen molar-refractivity contribution in [3.63, 3.8) is 0 Å². The fourth-order valence-electron chi connectivity index (χ4n) is 1.92. The number of halogens is 2. The molecule has 1 aromatic carbocycles. The van der Waals surface area contributed by atoms with E-state index < -0.39 is 0 Å². The molecule has 2 rings (SSSR count). The predicted molar refractivity (Wildman–Crippen MR) is 70.3 cm³/mol. The van der Waals surface area contributed by atoms with Gasteiger partial charge in [0.1, 0.15) is 5.82 Å². The van der Waals surface area contributed by atoms with E-state index in [1.165, 1.54) is 12.1 Å². The van der Waals surface area contributed by atoms with Crippen LogP contribution in [0.3, 0.4) is 0 Å². The molecule has 0 bridgehead atoms. The third-order valence-electron chi connectivity index (χ3n) is 2.65. The molecule has 1 N–H and O–H groups in total. The third-order valence-corrected chi connectivity index (χ3v) is 2.95. The number of anilines is 1. The monoisotopic (exact) mass is 252 g/mol. The molecule has 1 heterocycles. The summed E-state index contributed by atoms with van der Waals surface area (Å²) < 4.78 is 13.3. The highest BCUT2D eigenvalue weighted by Crippen LogP contribution is 2.31. The van der Waals surface area contributed by atoms with Gasteiger partial charge in [-0.1, -0.05) is 24.9 Å². The maximum atomic E-state index is 13.3. The molecule has 0 saturated carbocycles. The van der Waals surface area contributed by atoms with Crippen LogP contribution in [0.5, 0.6) is 0 Å². The SMILES string of the molecule is CCCc1cc(NC)c2c(Cl)cc(F)cc2n1. The molecule has 2 aromatic rings. The summed E-state index contributed by atoms with van der Waals surface area (Å²) in [6.07, 6.45) is 1.88. The molecule has 0 unspecified atom stereocenters. The number of fused-ring (bicyclic) bond motifs is 1. The molecule has 4 heteroatoms. The second-order valence-corrected chi connectivity index (χ2v) is 4.35. The van der Waals surface area contributed by atoms with Gasteiger partial charge in [0.15, 0.2) is 0 Å². The molecule has 0 saturated heterocycles. The topological polar surface area (TPSA) is 24.9 Å². The molecule has 0 spiro atoms. The molecule has 1 aromatic heterocycles. The van der Waals surface area contributed by atoms with E-state index in [-0.39, 0.29) is 5.82 Å². The number of nitrogens with zero attached hydrogens (tertiary/aromatic N) is 1. The number of aromatic nitrogens is 1. The summed E-state index contributed by atoms with van der Waals surface area (Å²) in [6, 6.07) is 4.70. The minimum absolute atomic E-state index is 0.356. The van der Waals surface area contributed by atoms with Crippen LogP contribution in [-0.4, -0.2) is 12.0 Å². The zero-order chi connectivity index (χ0) is 12.4. The van der Waals surface area contributed by atoms with E-state index >= 15 is 0 Å². The standard InChI is InChI=1S/C13H14ClFN2/c1-3-4-9-7-11(16-2)13-10(14)5-8(15)6-12(13)17-9/h5-7H,3-4H2,1-2H3,(H,16,17). The second-order valence-electron chi connectivity index (χ2n) is 3.94. The number of rotatable bonds is 3. The summed E-state index contributed by atoms with van der Waals surface area (Å²) in [5, 5.41) is 4.24. The van der Waals surface area contributed by atoms with E-state index in [1.54, 1.807) is 0 Å². The fraction of sp³-hybridized carbons (Fsp3) is 0.308. The highest BCUT2D eigenvalue weighted by molar-refractivity contribution is 6.36. The Hall–Kier alpha value is -1.35. The molecule has 0 aliphatic rings. The Balaban J connectivity index is 2.73. The van der Waals surface area contributed by atoms with Crippen LogP contribution < -0.4 is 5.32 Å². The van der Waals surface area contributed by atoms with Crippen LogP contribution >= 0.6 is 11.6 Å². The Morgan fingerprint density at radius 1 is 1.35 bits per heavy atom. The fourth-order valence-corrected chi connectivity index (χ4v) is 2.22. The number of hydrogen-bond acceptors (Lipinski definition) is 2. The average molecular weight is 253 g/mol. The largest absolute Gasteiger partial charge is 0.387 e. The lowest BCUT2D eigenvalue weighted by Crippen LogP contribution is -1.97. The summed E-state index contributed by atoms with van der Waals surface area (Å²) in [4.78, 5) is 4.43. The molecule has 2 nitrogen and oxygen atoms in total. The lowest BCUT2D eigenvalue weighted by atomic mass is 10.1. The maximum absolute atomic E-state index is 13.3. The van der Waals surface area contributed by atoms with E-state index in [0.29, 0.717) is 10.5 Å². The highest BCUT2D eigenvalue weighted by Gasteiger charge is 2.10. The summed E-state index contributed by atoms with van der Waals surface area (Å²) >= 11 is 6.06. The van der Waals surface area contributed by atoms with Crippen LogP contribution in [0.25, 0.3) is 10.9 Å². The molecule has 17 heavy (non-hydrogen) atoms. The van der Waals surface area contributed by atoms with Gasteiger partial charge in [-0.3, -0.25) is 4.98 Å². The van der Waals surface area contributed by atoms with Crippen LogP contribution in [0.15, 0.2) is 18.2 Å². The van der Waals surface area contributed by atoms with Gasteiger partial charge in [-0.05, 0) is 18.6 Å². The molecule has 0 aliphatic heterocycles.